The van der Waals surface area contributed by atoms with Crippen molar-refractivity contribution >= 4 is 24.0 Å². The van der Waals surface area contributed by atoms with Gasteiger partial charge in [-0.25, -0.2) is 19.1 Å². The molecule has 2 atom stereocenters. The van der Waals surface area contributed by atoms with E-state index in [9.17, 15) is 24.3 Å². The number of aliphatic carboxylic acids is 1. The molecule has 1 heterocycles. The van der Waals surface area contributed by atoms with Crippen LogP contribution in [0.1, 0.15) is 45.6 Å². The zero-order valence-electron chi connectivity index (χ0n) is 20.5. The molecule has 0 radical (unpaired) electrons. The maximum atomic E-state index is 12.8. The Hall–Kier alpha value is -4.09. The highest BCUT2D eigenvalue weighted by Gasteiger charge is 2.36. The molecule has 1 fully saturated rings. The highest BCUT2D eigenvalue weighted by atomic mass is 16.6. The van der Waals surface area contributed by atoms with Gasteiger partial charge in [-0.05, 0) is 51.7 Å². The average molecular weight is 502 g/mol. The molecule has 3 N–H and O–H groups in total. The molecule has 2 aromatic rings. The molecule has 1 aliphatic rings. The summed E-state index contributed by atoms with van der Waals surface area (Å²) in [6.45, 7) is 4.78. The summed E-state index contributed by atoms with van der Waals surface area (Å²) in [6.07, 6.45) is 1.78. The third-order valence-electron chi connectivity index (χ3n) is 5.37. The van der Waals surface area contributed by atoms with Crippen LogP contribution in [-0.4, -0.2) is 57.2 Å². The van der Waals surface area contributed by atoms with Gasteiger partial charge in [0.2, 0.25) is 0 Å². The predicted octanol–water partition coefficient (Wildman–Crippen LogP) is 2.46. The van der Waals surface area contributed by atoms with E-state index in [0.717, 1.165) is 16.7 Å². The van der Waals surface area contributed by atoms with Gasteiger partial charge in [-0.2, -0.15) is 4.98 Å². The van der Waals surface area contributed by atoms with Gasteiger partial charge in [-0.1, -0.05) is 30.3 Å². The van der Waals surface area contributed by atoms with Crippen LogP contribution < -0.4 is 21.3 Å². The van der Waals surface area contributed by atoms with E-state index in [1.165, 1.54) is 17.3 Å². The summed E-state index contributed by atoms with van der Waals surface area (Å²) in [6, 6.07) is 9.54. The largest absolute Gasteiger partial charge is 0.480 e. The van der Waals surface area contributed by atoms with Crippen molar-refractivity contribution < 1.29 is 29.0 Å². The first kappa shape index (κ1) is 26.5. The summed E-state index contributed by atoms with van der Waals surface area (Å²) in [5.41, 5.74) is -0.684. The fraction of sp³-hybridized carbons (Fsp3) is 0.458. The van der Waals surface area contributed by atoms with E-state index in [1.54, 1.807) is 32.9 Å². The number of rotatable bonds is 8. The number of ether oxygens (including phenoxy) is 2. The van der Waals surface area contributed by atoms with Crippen molar-refractivity contribution in [2.24, 2.45) is 0 Å². The van der Waals surface area contributed by atoms with Gasteiger partial charge in [0.25, 0.3) is 0 Å². The van der Waals surface area contributed by atoms with Crippen LogP contribution in [0.15, 0.2) is 47.4 Å². The Morgan fingerprint density at radius 1 is 1.14 bits per heavy atom. The summed E-state index contributed by atoms with van der Waals surface area (Å²) in [4.78, 5) is 52.7. The highest BCUT2D eigenvalue weighted by Crippen LogP contribution is 2.24. The average Bonchev–Trinajstić information content (AvgIpc) is 3.23. The number of aromatic nitrogens is 2. The summed E-state index contributed by atoms with van der Waals surface area (Å²) < 4.78 is 11.5. The zero-order valence-corrected chi connectivity index (χ0v) is 20.5. The van der Waals surface area contributed by atoms with E-state index < -0.39 is 48.1 Å². The van der Waals surface area contributed by atoms with E-state index >= 15 is 0 Å². The van der Waals surface area contributed by atoms with Gasteiger partial charge in [-0.15, -0.1) is 0 Å². The Labute approximate surface area is 208 Å². The molecule has 0 spiro atoms. The van der Waals surface area contributed by atoms with E-state index in [2.05, 4.69) is 15.6 Å². The van der Waals surface area contributed by atoms with Crippen LogP contribution >= 0.6 is 0 Å². The van der Waals surface area contributed by atoms with Crippen molar-refractivity contribution in [1.29, 1.82) is 0 Å². The van der Waals surface area contributed by atoms with Crippen molar-refractivity contribution in [3.05, 3.63) is 58.6 Å². The van der Waals surface area contributed by atoms with Gasteiger partial charge < -0.3 is 19.9 Å². The third-order valence-corrected chi connectivity index (χ3v) is 5.37. The van der Waals surface area contributed by atoms with Crippen molar-refractivity contribution in [2.45, 2.75) is 64.3 Å². The summed E-state index contributed by atoms with van der Waals surface area (Å²) >= 11 is 0. The van der Waals surface area contributed by atoms with Gasteiger partial charge in [-0.3, -0.25) is 15.1 Å². The molecule has 1 aromatic heterocycles. The molecule has 2 amide bonds. The molecule has 36 heavy (non-hydrogen) atoms. The van der Waals surface area contributed by atoms with Crippen LogP contribution in [0.4, 0.5) is 15.4 Å². The molecule has 0 aliphatic heterocycles. The number of carbonyl (C=O) groups excluding carboxylic acids is 2. The van der Waals surface area contributed by atoms with Crippen molar-refractivity contribution in [1.82, 2.24) is 15.0 Å². The maximum absolute atomic E-state index is 12.8. The fourth-order valence-electron chi connectivity index (χ4n) is 3.94. The van der Waals surface area contributed by atoms with E-state index in [4.69, 9.17) is 9.47 Å². The van der Waals surface area contributed by atoms with Gasteiger partial charge in [0.15, 0.2) is 0 Å². The van der Waals surface area contributed by atoms with E-state index in [1.807, 2.05) is 18.2 Å². The van der Waals surface area contributed by atoms with Crippen LogP contribution in [0.5, 0.6) is 0 Å². The highest BCUT2D eigenvalue weighted by molar-refractivity contribution is 5.83. The van der Waals surface area contributed by atoms with Gasteiger partial charge in [0.1, 0.15) is 24.6 Å². The number of anilines is 1. The summed E-state index contributed by atoms with van der Waals surface area (Å²) in [5.74, 6) is -1.20. The monoisotopic (exact) mass is 501 g/mol. The molecule has 1 aliphatic carbocycles. The van der Waals surface area contributed by atoms with E-state index in [0.29, 0.717) is 12.8 Å². The second kappa shape index (κ2) is 11.6. The maximum Gasteiger partial charge on any atom is 0.413 e. The fourth-order valence-corrected chi connectivity index (χ4v) is 3.94. The second-order valence-corrected chi connectivity index (χ2v) is 9.37. The van der Waals surface area contributed by atoms with Crippen LogP contribution in [0, 0.1) is 0 Å². The minimum absolute atomic E-state index is 0.0422. The molecule has 12 nitrogen and oxygen atoms in total. The quantitative estimate of drug-likeness (QED) is 0.495. The smallest absolute Gasteiger partial charge is 0.413 e. The van der Waals surface area contributed by atoms with Crippen molar-refractivity contribution in [2.75, 3.05) is 16.9 Å². The second-order valence-electron chi connectivity index (χ2n) is 9.37. The van der Waals surface area contributed by atoms with Crippen molar-refractivity contribution in [3.63, 3.8) is 0 Å². The van der Waals surface area contributed by atoms with Crippen LogP contribution in [0.2, 0.25) is 0 Å². The summed E-state index contributed by atoms with van der Waals surface area (Å²) in [5, 5.41) is 16.0. The van der Waals surface area contributed by atoms with Crippen LogP contribution in [0.25, 0.3) is 0 Å². The number of carbonyl (C=O) groups is 3. The lowest BCUT2D eigenvalue weighted by atomic mass is 10.1. The third kappa shape index (κ3) is 7.72. The minimum atomic E-state index is -1.16. The minimum Gasteiger partial charge on any atom is -0.480 e. The van der Waals surface area contributed by atoms with E-state index in [-0.39, 0.29) is 12.4 Å². The van der Waals surface area contributed by atoms with Gasteiger partial charge in [0, 0.05) is 6.20 Å². The molecule has 1 aromatic carbocycles. The number of hydrogen-bond donors (Lipinski definition) is 3. The number of hydrogen-bond acceptors (Lipinski definition) is 8. The van der Waals surface area contributed by atoms with Crippen molar-refractivity contribution in [3.8, 4) is 0 Å². The Bertz CT molecular complexity index is 1130. The zero-order chi connectivity index (χ0) is 26.3. The molecule has 0 bridgehead atoms. The normalized spacial score (nSPS) is 17.2. The Balaban J connectivity index is 1.71. The predicted molar refractivity (Wildman–Crippen MR) is 130 cm³/mol. The first-order valence-electron chi connectivity index (χ1n) is 11.6. The Kier molecular flexibility index (Phi) is 8.51. The SMILES string of the molecule is CC(C)(C)OC(=O)N[C@H]1CCC[C@H]1N(CC(=O)O)n1ccc(NC(=O)OCc2ccccc2)nc1=O. The molecule has 0 unspecified atom stereocenters. The van der Waals surface area contributed by atoms with Crippen LogP contribution in [-0.2, 0) is 20.9 Å². The number of nitrogens with one attached hydrogen (secondary N) is 2. The molecule has 1 saturated carbocycles. The van der Waals surface area contributed by atoms with Gasteiger partial charge >= 0.3 is 23.8 Å². The molecule has 0 saturated heterocycles. The first-order chi connectivity index (χ1) is 17.0. The first-order valence-corrected chi connectivity index (χ1v) is 11.6. The number of carboxylic acid groups (broad SMARTS) is 1. The number of carboxylic acids is 1. The lowest BCUT2D eigenvalue weighted by molar-refractivity contribution is -0.135. The standard InChI is InChI=1S/C24H31N5O7/c1-24(2,3)36-23(34)25-17-10-7-11-18(17)29(14-20(30)31)28-13-12-19(26-21(28)32)27-22(33)35-15-16-8-5-4-6-9-16/h4-6,8-9,12-13,17-18H,7,10-11,14-15H2,1-3H3,(H,25,34)(H,30,31)(H,26,27,32,33)/t17-,18+/m0/s1. The molecular weight excluding hydrogens is 470 g/mol. The molecule has 12 heteroatoms. The van der Waals surface area contributed by atoms with Crippen LogP contribution in [0.3, 0.4) is 0 Å². The Morgan fingerprint density at radius 3 is 2.50 bits per heavy atom. The molecule has 194 valence electrons. The Morgan fingerprint density at radius 2 is 1.86 bits per heavy atom. The summed E-state index contributed by atoms with van der Waals surface area (Å²) in [7, 11) is 0. The number of amides is 2. The number of nitrogens with zero attached hydrogens (tertiary/aromatic N) is 3. The molecule has 3 rings (SSSR count). The lowest BCUT2D eigenvalue weighted by Gasteiger charge is -2.34. The van der Waals surface area contributed by atoms with Gasteiger partial charge in [0.05, 0.1) is 12.1 Å². The number of benzene rings is 1. The number of alkyl carbamates (subject to hydrolysis) is 1. The molecular formula is C24H31N5O7. The lowest BCUT2D eigenvalue weighted by Crippen LogP contribution is -2.58. The topological polar surface area (TPSA) is 152 Å².